The zero-order valence-corrected chi connectivity index (χ0v) is 14.4. The fourth-order valence-electron chi connectivity index (χ4n) is 3.00. The molecule has 0 radical (unpaired) electrons. The van der Waals surface area contributed by atoms with E-state index < -0.39 is 16.0 Å². The Bertz CT molecular complexity index is 860. The first kappa shape index (κ1) is 17.3. The number of sulfonamides is 1. The number of anilines is 2. The predicted molar refractivity (Wildman–Crippen MR) is 96.5 cm³/mol. The SMILES string of the molecule is O=C(O)c1ccc(NC2CCCC2)c(S(=O)(=O)Nc2ccccc2)c1. The van der Waals surface area contributed by atoms with Gasteiger partial charge in [-0.2, -0.15) is 0 Å². The summed E-state index contributed by atoms with van der Waals surface area (Å²) in [6.07, 6.45) is 4.17. The number of nitrogens with one attached hydrogen (secondary N) is 2. The molecule has 6 nitrogen and oxygen atoms in total. The van der Waals surface area contributed by atoms with Gasteiger partial charge < -0.3 is 10.4 Å². The van der Waals surface area contributed by atoms with E-state index in [1.807, 2.05) is 0 Å². The van der Waals surface area contributed by atoms with E-state index in [9.17, 15) is 18.3 Å². The number of benzene rings is 2. The monoisotopic (exact) mass is 360 g/mol. The molecule has 0 aliphatic heterocycles. The molecule has 2 aromatic rings. The van der Waals surface area contributed by atoms with E-state index >= 15 is 0 Å². The molecule has 0 saturated heterocycles. The molecule has 0 heterocycles. The van der Waals surface area contributed by atoms with Gasteiger partial charge in [0, 0.05) is 11.7 Å². The second kappa shape index (κ2) is 7.14. The van der Waals surface area contributed by atoms with E-state index in [-0.39, 0.29) is 16.5 Å². The van der Waals surface area contributed by atoms with E-state index in [1.54, 1.807) is 30.3 Å². The Morgan fingerprint density at radius 2 is 1.72 bits per heavy atom. The summed E-state index contributed by atoms with van der Waals surface area (Å²) in [4.78, 5) is 11.2. The molecule has 132 valence electrons. The molecular weight excluding hydrogens is 340 g/mol. The Labute approximate surface area is 146 Å². The van der Waals surface area contributed by atoms with Crippen LogP contribution in [0.15, 0.2) is 53.4 Å². The highest BCUT2D eigenvalue weighted by molar-refractivity contribution is 7.92. The third kappa shape index (κ3) is 4.11. The molecule has 3 rings (SSSR count). The number of hydrogen-bond acceptors (Lipinski definition) is 4. The maximum absolute atomic E-state index is 12.8. The summed E-state index contributed by atoms with van der Waals surface area (Å²) in [5.41, 5.74) is 0.792. The van der Waals surface area contributed by atoms with Gasteiger partial charge >= 0.3 is 5.97 Å². The zero-order valence-electron chi connectivity index (χ0n) is 13.6. The molecule has 2 aromatic carbocycles. The van der Waals surface area contributed by atoms with Crippen molar-refractivity contribution >= 4 is 27.4 Å². The third-order valence-electron chi connectivity index (χ3n) is 4.26. The number of aromatic carboxylic acids is 1. The Morgan fingerprint density at radius 1 is 1.04 bits per heavy atom. The lowest BCUT2D eigenvalue weighted by Crippen LogP contribution is -2.20. The Morgan fingerprint density at radius 3 is 2.36 bits per heavy atom. The van der Waals surface area contributed by atoms with Gasteiger partial charge in [-0.1, -0.05) is 31.0 Å². The van der Waals surface area contributed by atoms with Crippen LogP contribution >= 0.6 is 0 Å². The second-order valence-electron chi connectivity index (χ2n) is 6.11. The lowest BCUT2D eigenvalue weighted by atomic mass is 10.2. The molecule has 0 unspecified atom stereocenters. The summed E-state index contributed by atoms with van der Waals surface area (Å²) in [5.74, 6) is -1.16. The number of hydrogen-bond donors (Lipinski definition) is 3. The quantitative estimate of drug-likeness (QED) is 0.732. The highest BCUT2D eigenvalue weighted by Crippen LogP contribution is 2.29. The van der Waals surface area contributed by atoms with Crippen LogP contribution in [0.25, 0.3) is 0 Å². The molecular formula is C18H20N2O4S. The first-order valence-electron chi connectivity index (χ1n) is 8.17. The number of para-hydroxylation sites is 1. The van der Waals surface area contributed by atoms with Crippen molar-refractivity contribution in [2.45, 2.75) is 36.6 Å². The van der Waals surface area contributed by atoms with Crippen LogP contribution in [-0.4, -0.2) is 25.5 Å². The number of rotatable bonds is 6. The lowest BCUT2D eigenvalue weighted by Gasteiger charge is -2.18. The molecule has 1 saturated carbocycles. The molecule has 0 bridgehead atoms. The molecule has 0 amide bonds. The molecule has 0 spiro atoms. The lowest BCUT2D eigenvalue weighted by molar-refractivity contribution is 0.0696. The summed E-state index contributed by atoms with van der Waals surface area (Å²) >= 11 is 0. The summed E-state index contributed by atoms with van der Waals surface area (Å²) in [7, 11) is -3.92. The third-order valence-corrected chi connectivity index (χ3v) is 5.68. The number of carbonyl (C=O) groups is 1. The summed E-state index contributed by atoms with van der Waals surface area (Å²) in [5, 5.41) is 12.5. The highest BCUT2D eigenvalue weighted by Gasteiger charge is 2.23. The van der Waals surface area contributed by atoms with E-state index in [0.29, 0.717) is 11.4 Å². The first-order chi connectivity index (χ1) is 12.0. The summed E-state index contributed by atoms with van der Waals surface area (Å²) in [6.45, 7) is 0. The van der Waals surface area contributed by atoms with E-state index in [1.165, 1.54) is 18.2 Å². The van der Waals surface area contributed by atoms with Gasteiger partial charge in [-0.05, 0) is 43.2 Å². The molecule has 1 aliphatic rings. The highest BCUT2D eigenvalue weighted by atomic mass is 32.2. The molecule has 3 N–H and O–H groups in total. The van der Waals surface area contributed by atoms with Crippen molar-refractivity contribution in [3.8, 4) is 0 Å². The Kier molecular flexibility index (Phi) is 4.94. The van der Waals surface area contributed by atoms with Crippen LogP contribution in [0, 0.1) is 0 Å². The Balaban J connectivity index is 1.98. The van der Waals surface area contributed by atoms with Crippen LogP contribution in [0.2, 0.25) is 0 Å². The average molecular weight is 360 g/mol. The predicted octanol–water partition coefficient (Wildman–Crippen LogP) is 3.54. The van der Waals surface area contributed by atoms with Gasteiger partial charge in [-0.25, -0.2) is 13.2 Å². The van der Waals surface area contributed by atoms with Crippen LogP contribution < -0.4 is 10.0 Å². The average Bonchev–Trinajstić information content (AvgIpc) is 3.08. The standard InChI is InChI=1S/C18H20N2O4S/c21-18(22)13-10-11-16(19-14-6-4-5-7-14)17(12-13)25(23,24)20-15-8-2-1-3-9-15/h1-3,8-12,14,19-20H,4-7H2,(H,21,22). The van der Waals surface area contributed by atoms with Gasteiger partial charge in [0.25, 0.3) is 10.0 Å². The fourth-order valence-corrected chi connectivity index (χ4v) is 4.26. The summed E-state index contributed by atoms with van der Waals surface area (Å²) < 4.78 is 28.2. The van der Waals surface area contributed by atoms with Crippen molar-refractivity contribution in [1.29, 1.82) is 0 Å². The second-order valence-corrected chi connectivity index (χ2v) is 7.76. The molecule has 0 atom stereocenters. The Hall–Kier alpha value is -2.54. The number of carboxylic acid groups (broad SMARTS) is 1. The zero-order chi connectivity index (χ0) is 17.9. The largest absolute Gasteiger partial charge is 0.478 e. The number of carboxylic acids is 1. The molecule has 25 heavy (non-hydrogen) atoms. The van der Waals surface area contributed by atoms with Crippen molar-refractivity contribution < 1.29 is 18.3 Å². The maximum Gasteiger partial charge on any atom is 0.335 e. The van der Waals surface area contributed by atoms with Crippen molar-refractivity contribution in [3.05, 3.63) is 54.1 Å². The van der Waals surface area contributed by atoms with Crippen molar-refractivity contribution in [3.63, 3.8) is 0 Å². The molecule has 7 heteroatoms. The van der Waals surface area contributed by atoms with E-state index in [2.05, 4.69) is 10.0 Å². The maximum atomic E-state index is 12.8. The molecule has 1 aliphatic carbocycles. The van der Waals surface area contributed by atoms with Crippen molar-refractivity contribution in [2.24, 2.45) is 0 Å². The molecule has 1 fully saturated rings. The minimum Gasteiger partial charge on any atom is -0.478 e. The van der Waals surface area contributed by atoms with Gasteiger partial charge in [-0.3, -0.25) is 4.72 Å². The topological polar surface area (TPSA) is 95.5 Å². The normalized spacial score (nSPS) is 15.0. The summed E-state index contributed by atoms with van der Waals surface area (Å²) in [6, 6.07) is 12.9. The van der Waals surface area contributed by atoms with Gasteiger partial charge in [-0.15, -0.1) is 0 Å². The van der Waals surface area contributed by atoms with Gasteiger partial charge in [0.05, 0.1) is 11.3 Å². The molecule has 0 aromatic heterocycles. The minimum absolute atomic E-state index is 0.0526. The van der Waals surface area contributed by atoms with Crippen molar-refractivity contribution in [1.82, 2.24) is 0 Å². The van der Waals surface area contributed by atoms with E-state index in [4.69, 9.17) is 0 Å². The van der Waals surface area contributed by atoms with Gasteiger partial charge in [0.1, 0.15) is 4.90 Å². The van der Waals surface area contributed by atoms with Gasteiger partial charge in [0.2, 0.25) is 0 Å². The van der Waals surface area contributed by atoms with Gasteiger partial charge in [0.15, 0.2) is 0 Å². The fraction of sp³-hybridized carbons (Fsp3) is 0.278. The van der Waals surface area contributed by atoms with Crippen LogP contribution in [0.4, 0.5) is 11.4 Å². The smallest absolute Gasteiger partial charge is 0.335 e. The van der Waals surface area contributed by atoms with Crippen LogP contribution in [-0.2, 0) is 10.0 Å². The van der Waals surface area contributed by atoms with Crippen LogP contribution in [0.1, 0.15) is 36.0 Å². The first-order valence-corrected chi connectivity index (χ1v) is 9.66. The van der Waals surface area contributed by atoms with E-state index in [0.717, 1.165) is 25.7 Å². The minimum atomic E-state index is -3.92. The van der Waals surface area contributed by atoms with Crippen molar-refractivity contribution in [2.75, 3.05) is 10.0 Å². The van der Waals surface area contributed by atoms with Crippen LogP contribution in [0.5, 0.6) is 0 Å². The van der Waals surface area contributed by atoms with Crippen LogP contribution in [0.3, 0.4) is 0 Å².